The highest BCUT2D eigenvalue weighted by Crippen LogP contribution is 2.38. The van der Waals surface area contributed by atoms with Crippen molar-refractivity contribution in [1.29, 1.82) is 0 Å². The van der Waals surface area contributed by atoms with Crippen LogP contribution >= 0.6 is 15.9 Å². The van der Waals surface area contributed by atoms with E-state index in [0.717, 1.165) is 75.8 Å². The van der Waals surface area contributed by atoms with Gasteiger partial charge in [0.15, 0.2) is 23.3 Å². The van der Waals surface area contributed by atoms with Crippen LogP contribution in [0.15, 0.2) is 211 Å². The zero-order chi connectivity index (χ0) is 49.0. The number of hydrogen-bond donors (Lipinski definition) is 0. The van der Waals surface area contributed by atoms with Gasteiger partial charge in [-0.05, 0) is 69.6 Å². The highest BCUT2D eigenvalue weighted by molar-refractivity contribution is 9.10. The molecular formula is C60H46BBrN8O2. The average Bonchev–Trinajstić information content (AvgIpc) is 4.01. The van der Waals surface area contributed by atoms with Crippen molar-refractivity contribution >= 4 is 72.1 Å². The first-order valence-corrected chi connectivity index (χ1v) is 24.7. The molecule has 5 heterocycles. The third-order valence-electron chi connectivity index (χ3n) is 13.6. The first-order valence-electron chi connectivity index (χ1n) is 23.9. The van der Waals surface area contributed by atoms with Gasteiger partial charge in [0.2, 0.25) is 11.9 Å². The lowest BCUT2D eigenvalue weighted by atomic mass is 9.78. The fourth-order valence-corrected chi connectivity index (χ4v) is 9.65. The van der Waals surface area contributed by atoms with E-state index < -0.39 is 18.3 Å². The lowest BCUT2D eigenvalue weighted by molar-refractivity contribution is 0.00578. The van der Waals surface area contributed by atoms with Crippen LogP contribution in [0.1, 0.15) is 27.7 Å². The number of nitrogens with zero attached hydrogens (tertiary/aromatic N) is 8. The predicted molar refractivity (Wildman–Crippen MR) is 293 cm³/mol. The summed E-state index contributed by atoms with van der Waals surface area (Å²) < 4.78 is 18.0. The van der Waals surface area contributed by atoms with Crippen LogP contribution in [0.3, 0.4) is 0 Å². The molecule has 0 spiro atoms. The maximum Gasteiger partial charge on any atom is 0.494 e. The van der Waals surface area contributed by atoms with E-state index >= 15 is 0 Å². The predicted octanol–water partition coefficient (Wildman–Crippen LogP) is 13.7. The lowest BCUT2D eigenvalue weighted by Crippen LogP contribution is -2.41. The van der Waals surface area contributed by atoms with Crippen LogP contribution in [-0.2, 0) is 9.31 Å². The van der Waals surface area contributed by atoms with Crippen molar-refractivity contribution < 1.29 is 9.31 Å². The topological polar surface area (TPSA) is 106 Å². The molecule has 10 nitrogen and oxygen atoms in total. The van der Waals surface area contributed by atoms with E-state index in [9.17, 15) is 0 Å². The van der Waals surface area contributed by atoms with Crippen molar-refractivity contribution in [2.45, 2.75) is 38.9 Å². The van der Waals surface area contributed by atoms with Gasteiger partial charge in [-0.25, -0.2) is 9.97 Å². The Kier molecular flexibility index (Phi) is 11.4. The third-order valence-corrected chi connectivity index (χ3v) is 14.1. The summed E-state index contributed by atoms with van der Waals surface area (Å²) >= 11 is 3.62. The molecule has 0 saturated carbocycles. The van der Waals surface area contributed by atoms with Gasteiger partial charge in [0.25, 0.3) is 0 Å². The van der Waals surface area contributed by atoms with Crippen LogP contribution in [0.2, 0.25) is 0 Å². The van der Waals surface area contributed by atoms with Gasteiger partial charge in [0.05, 0.1) is 33.3 Å². The molecule has 12 aromatic rings. The number of aromatic nitrogens is 8. The Hall–Kier alpha value is -8.16. The summed E-state index contributed by atoms with van der Waals surface area (Å²) in [5, 5.41) is 4.51. The second-order valence-corrected chi connectivity index (χ2v) is 19.7. The fraction of sp³-hybridized carbons (Fsp3) is 0.100. The summed E-state index contributed by atoms with van der Waals surface area (Å²) in [5.41, 5.74) is 8.09. The maximum absolute atomic E-state index is 6.37. The van der Waals surface area contributed by atoms with Gasteiger partial charge in [-0.3, -0.25) is 9.13 Å². The van der Waals surface area contributed by atoms with Gasteiger partial charge >= 0.3 is 7.12 Å². The van der Waals surface area contributed by atoms with E-state index in [1.807, 2.05) is 133 Å². The van der Waals surface area contributed by atoms with Crippen LogP contribution in [0.4, 0.5) is 0 Å². The second kappa shape index (κ2) is 18.2. The molecule has 4 aromatic heterocycles. The number of para-hydroxylation sites is 2. The SMILES string of the molecule is Brc1ccc2c(c1)c1ccccc1n2-c1nc(-c2ccccc2)nc(-c2ccccc2)n1.CC1(C)OB(c2ccc3c(c2)c2ccccc2n3-c2nc(-c3ccccc3)nc(-c3ccccc3)n2)OC1(C)C. The van der Waals surface area contributed by atoms with Gasteiger partial charge in [0.1, 0.15) is 0 Å². The Morgan fingerprint density at radius 1 is 0.361 bits per heavy atom. The van der Waals surface area contributed by atoms with Crippen molar-refractivity contribution in [3.05, 3.63) is 211 Å². The van der Waals surface area contributed by atoms with Crippen LogP contribution in [0.5, 0.6) is 0 Å². The minimum absolute atomic E-state index is 0.410. The first kappa shape index (κ1) is 45.0. The Labute approximate surface area is 425 Å². The van der Waals surface area contributed by atoms with E-state index in [1.54, 1.807) is 0 Å². The zero-order valence-corrected chi connectivity index (χ0v) is 41.6. The minimum atomic E-state index is -0.442. The van der Waals surface area contributed by atoms with E-state index in [-0.39, 0.29) is 0 Å². The Morgan fingerprint density at radius 3 is 1.10 bits per heavy atom. The molecule has 348 valence electrons. The standard InChI is InChI=1S/C33H29BN4O2.C27H17BrN4/c1-32(2)33(3,4)40-34(39-32)24-19-20-28-26(21-24)25-17-11-12-18-27(25)38(28)31-36-29(22-13-7-5-8-14-22)35-30(37-31)23-15-9-6-10-16-23;28-20-15-16-24-22(17-20)21-13-7-8-14-23(21)32(24)27-30-25(18-9-3-1-4-10-18)29-26(31-27)19-11-5-2-6-12-19/h5-21H,1-4H3;1-17H. The maximum atomic E-state index is 6.37. The number of hydrogen-bond acceptors (Lipinski definition) is 8. The lowest BCUT2D eigenvalue weighted by Gasteiger charge is -2.32. The average molecular weight is 1000 g/mol. The van der Waals surface area contributed by atoms with E-state index in [1.165, 1.54) is 0 Å². The second-order valence-electron chi connectivity index (χ2n) is 18.8. The molecule has 1 fully saturated rings. The molecule has 8 aromatic carbocycles. The van der Waals surface area contributed by atoms with Crippen LogP contribution in [-0.4, -0.2) is 57.4 Å². The van der Waals surface area contributed by atoms with Crippen molar-refractivity contribution in [3.8, 4) is 57.4 Å². The molecule has 0 unspecified atom stereocenters. The Morgan fingerprint density at radius 2 is 0.694 bits per heavy atom. The van der Waals surface area contributed by atoms with Crippen LogP contribution < -0.4 is 5.46 Å². The van der Waals surface area contributed by atoms with E-state index in [4.69, 9.17) is 39.2 Å². The van der Waals surface area contributed by atoms with Crippen molar-refractivity contribution in [3.63, 3.8) is 0 Å². The van der Waals surface area contributed by atoms with Crippen molar-refractivity contribution in [1.82, 2.24) is 39.0 Å². The summed E-state index contributed by atoms with van der Waals surface area (Å²) in [6.45, 7) is 8.30. The normalized spacial score (nSPS) is 14.0. The van der Waals surface area contributed by atoms with Gasteiger partial charge in [-0.2, -0.15) is 19.9 Å². The summed E-state index contributed by atoms with van der Waals surface area (Å²) in [6.07, 6.45) is 0. The molecule has 0 N–H and O–H groups in total. The third kappa shape index (κ3) is 8.22. The van der Waals surface area contributed by atoms with Crippen molar-refractivity contribution in [2.24, 2.45) is 0 Å². The molecular weight excluding hydrogens is 955 g/mol. The molecule has 1 aliphatic rings. The molecule has 0 atom stereocenters. The largest absolute Gasteiger partial charge is 0.494 e. The minimum Gasteiger partial charge on any atom is -0.399 e. The van der Waals surface area contributed by atoms with Gasteiger partial charge in [-0.15, -0.1) is 0 Å². The number of rotatable bonds is 7. The number of benzene rings is 8. The van der Waals surface area contributed by atoms with Gasteiger partial charge in [-0.1, -0.05) is 186 Å². The highest BCUT2D eigenvalue weighted by Gasteiger charge is 2.51. The van der Waals surface area contributed by atoms with Crippen LogP contribution in [0, 0.1) is 0 Å². The molecule has 1 aliphatic heterocycles. The molecule has 13 rings (SSSR count). The summed E-state index contributed by atoms with van der Waals surface area (Å²) in [6, 6.07) is 69.5. The molecule has 0 radical (unpaired) electrons. The summed E-state index contributed by atoms with van der Waals surface area (Å²) in [7, 11) is -0.442. The van der Waals surface area contributed by atoms with E-state index in [0.29, 0.717) is 35.2 Å². The molecule has 12 heteroatoms. The molecule has 72 heavy (non-hydrogen) atoms. The van der Waals surface area contributed by atoms with E-state index in [2.05, 4.69) is 126 Å². The molecule has 1 saturated heterocycles. The zero-order valence-electron chi connectivity index (χ0n) is 40.0. The number of halogens is 1. The van der Waals surface area contributed by atoms with Gasteiger partial charge < -0.3 is 9.31 Å². The highest BCUT2D eigenvalue weighted by atomic mass is 79.9. The quantitative estimate of drug-likeness (QED) is 0.145. The Balaban J connectivity index is 0.000000151. The molecule has 0 bridgehead atoms. The smallest absolute Gasteiger partial charge is 0.399 e. The monoisotopic (exact) mass is 1000 g/mol. The Bertz CT molecular complexity index is 3830. The van der Waals surface area contributed by atoms with Crippen molar-refractivity contribution in [2.75, 3.05) is 0 Å². The number of fused-ring (bicyclic) bond motifs is 6. The molecule has 0 amide bonds. The first-order chi connectivity index (χ1) is 35.1. The summed E-state index contributed by atoms with van der Waals surface area (Å²) in [4.78, 5) is 29.5. The molecule has 0 aliphatic carbocycles. The van der Waals surface area contributed by atoms with Gasteiger partial charge in [0, 0.05) is 48.3 Å². The summed E-state index contributed by atoms with van der Waals surface area (Å²) in [5.74, 6) is 3.73. The van der Waals surface area contributed by atoms with Crippen LogP contribution in [0.25, 0.3) is 101 Å². The fourth-order valence-electron chi connectivity index (χ4n) is 9.29.